The molecule has 0 aliphatic carbocycles. The molecule has 0 spiro atoms. The van der Waals surface area contributed by atoms with Crippen molar-refractivity contribution in [1.29, 1.82) is 0 Å². The van der Waals surface area contributed by atoms with E-state index in [9.17, 15) is 13.2 Å². The van der Waals surface area contributed by atoms with Crippen LogP contribution in [0.4, 0.5) is 0 Å². The summed E-state index contributed by atoms with van der Waals surface area (Å²) in [5.74, 6) is -0.817. The van der Waals surface area contributed by atoms with E-state index < -0.39 is 28.6 Å². The van der Waals surface area contributed by atoms with Gasteiger partial charge in [-0.25, -0.2) is 17.9 Å². The van der Waals surface area contributed by atoms with Gasteiger partial charge in [0, 0.05) is 19.7 Å². The minimum Gasteiger partial charge on any atom is -0.497 e. The third kappa shape index (κ3) is 4.31. The van der Waals surface area contributed by atoms with Crippen LogP contribution in [0.25, 0.3) is 0 Å². The van der Waals surface area contributed by atoms with Crippen molar-refractivity contribution in [3.63, 3.8) is 0 Å². The van der Waals surface area contributed by atoms with Crippen molar-refractivity contribution < 1.29 is 32.5 Å². The molecular weight excluding hydrogens is 302 g/mol. The molecule has 0 aliphatic rings. The summed E-state index contributed by atoms with van der Waals surface area (Å²) >= 11 is 0. The topological polar surface area (TPSA) is 111 Å². The fourth-order valence-electron chi connectivity index (χ4n) is 1.53. The first-order chi connectivity index (χ1) is 9.85. The predicted molar refractivity (Wildman–Crippen MR) is 73.2 cm³/mol. The molecule has 0 saturated carbocycles. The number of hydrogen-bond donors (Lipinski definition) is 2. The van der Waals surface area contributed by atoms with E-state index in [1.807, 2.05) is 0 Å². The zero-order chi connectivity index (χ0) is 16.0. The first kappa shape index (κ1) is 17.2. The smallest absolute Gasteiger partial charge is 0.334 e. The predicted octanol–water partition coefficient (Wildman–Crippen LogP) is 0.0817. The van der Waals surface area contributed by atoms with Crippen LogP contribution in [0.1, 0.15) is 0 Å². The summed E-state index contributed by atoms with van der Waals surface area (Å²) in [5.41, 5.74) is 0. The molecule has 0 radical (unpaired) electrons. The molecule has 1 aromatic rings. The summed E-state index contributed by atoms with van der Waals surface area (Å²) < 4.78 is 41.2. The van der Waals surface area contributed by atoms with Crippen LogP contribution in [-0.4, -0.2) is 53.5 Å². The lowest BCUT2D eigenvalue weighted by atomic mass is 10.3. The van der Waals surface area contributed by atoms with E-state index in [0.29, 0.717) is 5.75 Å². The summed E-state index contributed by atoms with van der Waals surface area (Å²) in [6, 6.07) is 4.27. The number of carboxylic acid groups (broad SMARTS) is 1. The molecule has 1 rings (SSSR count). The van der Waals surface area contributed by atoms with E-state index in [4.69, 9.17) is 14.6 Å². The Kier molecular flexibility index (Phi) is 5.94. The normalized spacial score (nSPS) is 12.7. The third-order valence-electron chi connectivity index (χ3n) is 2.68. The van der Waals surface area contributed by atoms with Crippen LogP contribution in [0.15, 0.2) is 23.1 Å². The number of nitrogens with one attached hydrogen (secondary N) is 1. The zero-order valence-corrected chi connectivity index (χ0v) is 12.6. The van der Waals surface area contributed by atoms with E-state index in [0.717, 1.165) is 0 Å². The van der Waals surface area contributed by atoms with Gasteiger partial charge in [0.15, 0.2) is 6.10 Å². The summed E-state index contributed by atoms with van der Waals surface area (Å²) in [6.45, 7) is -0.408. The molecule has 9 heteroatoms. The second kappa shape index (κ2) is 7.25. The molecule has 0 aromatic heterocycles. The third-order valence-corrected chi connectivity index (χ3v) is 4.12. The Hall–Kier alpha value is -1.84. The Morgan fingerprint density at radius 2 is 1.95 bits per heavy atom. The fourth-order valence-corrected chi connectivity index (χ4v) is 2.74. The molecule has 8 nitrogen and oxygen atoms in total. The van der Waals surface area contributed by atoms with Crippen molar-refractivity contribution in [2.24, 2.45) is 0 Å². The van der Waals surface area contributed by atoms with Crippen molar-refractivity contribution in [2.75, 3.05) is 27.9 Å². The molecule has 0 amide bonds. The number of benzene rings is 1. The lowest BCUT2D eigenvalue weighted by molar-refractivity contribution is -0.147. The standard InChI is InChI=1S/C12H17NO7S/c1-18-8-4-5-9(19-2)11(6-8)21(16,17)13-7-10(20-3)12(14)15/h4-6,10,13H,7H2,1-3H3,(H,14,15). The Bertz CT molecular complexity index is 600. The Morgan fingerprint density at radius 3 is 2.43 bits per heavy atom. The maximum Gasteiger partial charge on any atom is 0.334 e. The Labute approximate surface area is 122 Å². The number of hydrogen-bond acceptors (Lipinski definition) is 6. The van der Waals surface area contributed by atoms with Crippen LogP contribution < -0.4 is 14.2 Å². The van der Waals surface area contributed by atoms with E-state index in [-0.39, 0.29) is 10.6 Å². The summed E-state index contributed by atoms with van der Waals surface area (Å²) in [5, 5.41) is 8.82. The van der Waals surface area contributed by atoms with Gasteiger partial charge in [0.05, 0.1) is 14.2 Å². The monoisotopic (exact) mass is 319 g/mol. The average molecular weight is 319 g/mol. The van der Waals surface area contributed by atoms with Crippen molar-refractivity contribution in [2.45, 2.75) is 11.0 Å². The minimum absolute atomic E-state index is 0.118. The number of methoxy groups -OCH3 is 3. The number of ether oxygens (including phenoxy) is 3. The maximum atomic E-state index is 12.2. The quantitative estimate of drug-likeness (QED) is 0.698. The fraction of sp³-hybridized carbons (Fsp3) is 0.417. The second-order valence-electron chi connectivity index (χ2n) is 3.93. The number of carbonyl (C=O) groups is 1. The molecule has 0 heterocycles. The number of rotatable bonds is 8. The molecule has 0 bridgehead atoms. The molecule has 1 atom stereocenters. The molecule has 0 fully saturated rings. The SMILES string of the molecule is COc1ccc(OC)c(S(=O)(=O)NCC(OC)C(=O)O)c1. The van der Waals surface area contributed by atoms with Gasteiger partial charge in [0.1, 0.15) is 16.4 Å². The second-order valence-corrected chi connectivity index (χ2v) is 5.67. The van der Waals surface area contributed by atoms with Gasteiger partial charge < -0.3 is 19.3 Å². The number of sulfonamides is 1. The van der Waals surface area contributed by atoms with Crippen molar-refractivity contribution in [3.8, 4) is 11.5 Å². The van der Waals surface area contributed by atoms with Crippen LogP contribution in [0.5, 0.6) is 11.5 Å². The number of carboxylic acids is 1. The highest BCUT2D eigenvalue weighted by Gasteiger charge is 2.24. The largest absolute Gasteiger partial charge is 0.497 e. The van der Waals surface area contributed by atoms with Gasteiger partial charge in [0.25, 0.3) is 0 Å². The molecule has 2 N–H and O–H groups in total. The van der Waals surface area contributed by atoms with E-state index >= 15 is 0 Å². The van der Waals surface area contributed by atoms with E-state index in [1.165, 1.54) is 33.5 Å². The van der Waals surface area contributed by atoms with E-state index in [1.54, 1.807) is 6.07 Å². The Balaban J connectivity index is 3.04. The Morgan fingerprint density at radius 1 is 1.29 bits per heavy atom. The van der Waals surface area contributed by atoms with Gasteiger partial charge in [-0.05, 0) is 12.1 Å². The first-order valence-corrected chi connectivity index (χ1v) is 7.31. The van der Waals surface area contributed by atoms with E-state index in [2.05, 4.69) is 9.46 Å². The van der Waals surface area contributed by atoms with Crippen molar-refractivity contribution >= 4 is 16.0 Å². The molecule has 1 aromatic carbocycles. The van der Waals surface area contributed by atoms with Gasteiger partial charge in [-0.2, -0.15) is 0 Å². The van der Waals surface area contributed by atoms with Crippen LogP contribution in [0, 0.1) is 0 Å². The number of aliphatic carboxylic acids is 1. The molecule has 21 heavy (non-hydrogen) atoms. The summed E-state index contributed by atoms with van der Waals surface area (Å²) in [6.07, 6.45) is -1.28. The molecule has 0 saturated heterocycles. The average Bonchev–Trinajstić information content (AvgIpc) is 2.46. The lowest BCUT2D eigenvalue weighted by Gasteiger charge is -2.14. The van der Waals surface area contributed by atoms with Crippen LogP contribution in [0.2, 0.25) is 0 Å². The molecule has 0 aliphatic heterocycles. The first-order valence-electron chi connectivity index (χ1n) is 5.83. The summed E-state index contributed by atoms with van der Waals surface area (Å²) in [4.78, 5) is 10.7. The van der Waals surface area contributed by atoms with Crippen LogP contribution >= 0.6 is 0 Å². The van der Waals surface area contributed by atoms with Gasteiger partial charge in [-0.15, -0.1) is 0 Å². The molecule has 118 valence electrons. The minimum atomic E-state index is -3.97. The van der Waals surface area contributed by atoms with Gasteiger partial charge >= 0.3 is 5.97 Å². The van der Waals surface area contributed by atoms with Gasteiger partial charge in [0.2, 0.25) is 10.0 Å². The highest BCUT2D eigenvalue weighted by molar-refractivity contribution is 7.89. The highest BCUT2D eigenvalue weighted by atomic mass is 32.2. The summed E-state index contributed by atoms with van der Waals surface area (Å²) in [7, 11) is -0.0636. The van der Waals surface area contributed by atoms with Gasteiger partial charge in [-0.1, -0.05) is 0 Å². The van der Waals surface area contributed by atoms with Crippen LogP contribution in [0.3, 0.4) is 0 Å². The zero-order valence-electron chi connectivity index (χ0n) is 11.8. The van der Waals surface area contributed by atoms with Crippen LogP contribution in [-0.2, 0) is 19.6 Å². The highest BCUT2D eigenvalue weighted by Crippen LogP contribution is 2.27. The van der Waals surface area contributed by atoms with Gasteiger partial charge in [-0.3, -0.25) is 0 Å². The maximum absolute atomic E-state index is 12.2. The van der Waals surface area contributed by atoms with Crippen molar-refractivity contribution in [1.82, 2.24) is 4.72 Å². The molecular formula is C12H17NO7S. The van der Waals surface area contributed by atoms with Crippen molar-refractivity contribution in [3.05, 3.63) is 18.2 Å². The molecule has 1 unspecified atom stereocenters. The lowest BCUT2D eigenvalue weighted by Crippen LogP contribution is -2.37.